The van der Waals surface area contributed by atoms with Crippen LogP contribution in [-0.2, 0) is 11.2 Å². The van der Waals surface area contributed by atoms with Crippen LogP contribution >= 0.6 is 30.3 Å². The Morgan fingerprint density at radius 3 is 2.85 bits per heavy atom. The van der Waals surface area contributed by atoms with Crippen molar-refractivity contribution in [3.8, 4) is 5.75 Å². The van der Waals surface area contributed by atoms with Gasteiger partial charge in [-0.25, -0.2) is 4.39 Å². The number of aromatic hydroxyl groups is 1. The van der Waals surface area contributed by atoms with Crippen molar-refractivity contribution in [1.29, 1.82) is 0 Å². The first-order valence-electron chi connectivity index (χ1n) is 6.01. The number of halogens is 2. The molecule has 7 heteroatoms. The van der Waals surface area contributed by atoms with Crippen LogP contribution < -0.4 is 5.32 Å². The summed E-state index contributed by atoms with van der Waals surface area (Å²) in [5.74, 6) is -1.06. The summed E-state index contributed by atoms with van der Waals surface area (Å²) in [4.78, 5) is 10.9. The lowest BCUT2D eigenvalue weighted by atomic mass is 10.1. The third kappa shape index (κ3) is 2.88. The number of benzene rings is 1. The molecular formula is C13H14FIN2O2S. The van der Waals surface area contributed by atoms with Crippen molar-refractivity contribution in [3.05, 3.63) is 29.2 Å². The summed E-state index contributed by atoms with van der Waals surface area (Å²) in [5.41, 5.74) is 2.73. The number of phenolic OH excluding ortho intramolecular Hbond substituents is 1. The van der Waals surface area contributed by atoms with Gasteiger partial charge in [-0.05, 0) is 25.0 Å². The minimum Gasteiger partial charge on any atom is -0.505 e. The topological polar surface area (TPSA) is 54.3 Å². The second kappa shape index (κ2) is 6.21. The predicted molar refractivity (Wildman–Crippen MR) is 87.7 cm³/mol. The first kappa shape index (κ1) is 15.4. The van der Waals surface area contributed by atoms with E-state index in [2.05, 4.69) is 26.5 Å². The number of rotatable bonds is 4. The third-order valence-corrected chi connectivity index (χ3v) is 4.96. The summed E-state index contributed by atoms with van der Waals surface area (Å²) in [6, 6.07) is 2.79. The fourth-order valence-corrected chi connectivity index (χ4v) is 4.19. The van der Waals surface area contributed by atoms with Crippen LogP contribution in [0, 0.1) is 12.7 Å². The Balaban J connectivity index is 2.49. The maximum atomic E-state index is 13.5. The predicted octanol–water partition coefficient (Wildman–Crippen LogP) is 3.32. The average Bonchev–Trinajstić information content (AvgIpc) is 2.62. The maximum absolute atomic E-state index is 13.5. The number of aromatic nitrogens is 1. The van der Waals surface area contributed by atoms with E-state index >= 15 is 0 Å². The number of hydrogen-bond donors (Lipinski definition) is 2. The first-order valence-corrected chi connectivity index (χ1v) is 9.33. The Bertz CT molecular complexity index is 672. The molecule has 0 saturated carbocycles. The lowest BCUT2D eigenvalue weighted by molar-refractivity contribution is -0.118. The van der Waals surface area contributed by atoms with Crippen LogP contribution in [0.15, 0.2) is 12.1 Å². The molecule has 0 aliphatic carbocycles. The smallest absolute Gasteiger partial charge is 0.216 e. The molecule has 0 spiro atoms. The SMILES string of the molecule is CC(=O)NCCc1c(C)n(SI)c2cc(F)c(O)cc12. The van der Waals surface area contributed by atoms with Gasteiger partial charge in [-0.3, -0.25) is 8.77 Å². The second-order valence-corrected chi connectivity index (χ2v) is 6.17. The van der Waals surface area contributed by atoms with E-state index in [-0.39, 0.29) is 11.7 Å². The molecule has 0 fully saturated rings. The largest absolute Gasteiger partial charge is 0.505 e. The normalized spacial score (nSPS) is 11.0. The van der Waals surface area contributed by atoms with Gasteiger partial charge < -0.3 is 10.4 Å². The van der Waals surface area contributed by atoms with Crippen LogP contribution in [0.2, 0.25) is 0 Å². The van der Waals surface area contributed by atoms with E-state index in [9.17, 15) is 14.3 Å². The molecule has 2 rings (SSSR count). The zero-order valence-electron chi connectivity index (χ0n) is 11.0. The van der Waals surface area contributed by atoms with E-state index in [1.807, 2.05) is 10.9 Å². The lowest BCUT2D eigenvalue weighted by Crippen LogP contribution is -2.22. The summed E-state index contributed by atoms with van der Waals surface area (Å²) < 4.78 is 15.4. The van der Waals surface area contributed by atoms with E-state index in [1.165, 1.54) is 28.2 Å². The highest BCUT2D eigenvalue weighted by atomic mass is 127. The molecule has 0 bridgehead atoms. The van der Waals surface area contributed by atoms with Crippen molar-refractivity contribution in [2.24, 2.45) is 0 Å². The fourth-order valence-electron chi connectivity index (χ4n) is 2.23. The summed E-state index contributed by atoms with van der Waals surface area (Å²) in [6.07, 6.45) is 0.636. The fraction of sp³-hybridized carbons (Fsp3) is 0.308. The molecule has 0 aliphatic heterocycles. The zero-order valence-corrected chi connectivity index (χ0v) is 14.0. The first-order chi connectivity index (χ1) is 9.45. The number of carbonyl (C=O) groups is 1. The summed E-state index contributed by atoms with van der Waals surface area (Å²) in [6.45, 7) is 3.93. The highest BCUT2D eigenvalue weighted by Crippen LogP contribution is 2.35. The Morgan fingerprint density at radius 2 is 2.25 bits per heavy atom. The van der Waals surface area contributed by atoms with E-state index in [0.29, 0.717) is 13.0 Å². The van der Waals surface area contributed by atoms with Gasteiger partial charge in [0.05, 0.1) is 5.52 Å². The van der Waals surface area contributed by atoms with Gasteiger partial charge in [0.2, 0.25) is 5.91 Å². The van der Waals surface area contributed by atoms with E-state index in [4.69, 9.17) is 0 Å². The van der Waals surface area contributed by atoms with E-state index in [1.54, 1.807) is 0 Å². The van der Waals surface area contributed by atoms with Crippen LogP contribution in [0.3, 0.4) is 0 Å². The average molecular weight is 408 g/mol. The van der Waals surface area contributed by atoms with Gasteiger partial charge in [0.25, 0.3) is 0 Å². The van der Waals surface area contributed by atoms with Gasteiger partial charge in [0.15, 0.2) is 11.6 Å². The number of nitrogens with zero attached hydrogens (tertiary/aromatic N) is 1. The van der Waals surface area contributed by atoms with Crippen molar-refractivity contribution >= 4 is 47.1 Å². The Morgan fingerprint density at radius 1 is 1.55 bits per heavy atom. The molecule has 1 aromatic carbocycles. The molecule has 0 atom stereocenters. The minimum atomic E-state index is -0.630. The van der Waals surface area contributed by atoms with Gasteiger partial charge in [-0.1, -0.05) is 0 Å². The van der Waals surface area contributed by atoms with Crippen molar-refractivity contribution in [2.75, 3.05) is 6.54 Å². The van der Waals surface area contributed by atoms with Crippen LogP contribution in [-0.4, -0.2) is 21.5 Å². The van der Waals surface area contributed by atoms with Crippen LogP contribution in [0.1, 0.15) is 18.2 Å². The number of fused-ring (bicyclic) bond motifs is 1. The second-order valence-electron chi connectivity index (χ2n) is 4.48. The molecule has 1 amide bonds. The van der Waals surface area contributed by atoms with Crippen molar-refractivity contribution in [3.63, 3.8) is 0 Å². The van der Waals surface area contributed by atoms with Gasteiger partial charge in [-0.15, -0.1) is 0 Å². The molecule has 0 radical (unpaired) electrons. The number of hydrogen-bond acceptors (Lipinski definition) is 3. The molecule has 0 aliphatic rings. The molecule has 4 nitrogen and oxygen atoms in total. The molecule has 20 heavy (non-hydrogen) atoms. The standard InChI is InChI=1S/C13H14FIN2O2S/c1-7-9(3-4-16-8(2)18)10-5-13(19)11(14)6-12(10)17(7)20-15/h5-6,19H,3-4H2,1-2H3,(H,16,18). The third-order valence-electron chi connectivity index (χ3n) is 3.17. The maximum Gasteiger partial charge on any atom is 0.216 e. The van der Waals surface area contributed by atoms with Gasteiger partial charge >= 0.3 is 0 Å². The monoisotopic (exact) mass is 408 g/mol. The zero-order chi connectivity index (χ0) is 14.9. The van der Waals surface area contributed by atoms with E-state index in [0.717, 1.165) is 22.2 Å². The van der Waals surface area contributed by atoms with Gasteiger partial charge in [0, 0.05) is 60.9 Å². The highest BCUT2D eigenvalue weighted by molar-refractivity contribution is 14.2. The van der Waals surface area contributed by atoms with Gasteiger partial charge in [0.1, 0.15) is 0 Å². The molecule has 108 valence electrons. The summed E-state index contributed by atoms with van der Waals surface area (Å²) in [5, 5.41) is 13.1. The van der Waals surface area contributed by atoms with Crippen LogP contribution in [0.4, 0.5) is 4.39 Å². The number of nitrogens with one attached hydrogen (secondary N) is 1. The number of phenols is 1. The van der Waals surface area contributed by atoms with Crippen molar-refractivity contribution < 1.29 is 14.3 Å². The molecule has 0 unspecified atom stereocenters. The van der Waals surface area contributed by atoms with Crippen LogP contribution in [0.25, 0.3) is 10.9 Å². The van der Waals surface area contributed by atoms with Crippen LogP contribution in [0.5, 0.6) is 5.75 Å². The Kier molecular flexibility index (Phi) is 4.79. The Hall–Kier alpha value is -0.960. The molecule has 1 heterocycles. The quantitative estimate of drug-likeness (QED) is 0.764. The Labute approximate surface area is 132 Å². The van der Waals surface area contributed by atoms with Crippen molar-refractivity contribution in [1.82, 2.24) is 9.29 Å². The lowest BCUT2D eigenvalue weighted by Gasteiger charge is -2.04. The van der Waals surface area contributed by atoms with Crippen molar-refractivity contribution in [2.45, 2.75) is 20.3 Å². The molecule has 0 saturated heterocycles. The molecule has 2 aromatic rings. The number of amides is 1. The van der Waals surface area contributed by atoms with E-state index < -0.39 is 5.82 Å². The summed E-state index contributed by atoms with van der Waals surface area (Å²) in [7, 11) is 1.45. The highest BCUT2D eigenvalue weighted by Gasteiger charge is 2.16. The number of carbonyl (C=O) groups excluding carboxylic acids is 1. The molecular weight excluding hydrogens is 394 g/mol. The summed E-state index contributed by atoms with van der Waals surface area (Å²) >= 11 is 2.13. The minimum absolute atomic E-state index is 0.0800. The van der Waals surface area contributed by atoms with Gasteiger partial charge in [-0.2, -0.15) is 0 Å². The molecule has 2 N–H and O–H groups in total. The molecule has 1 aromatic heterocycles.